The zero-order chi connectivity index (χ0) is 10.5. The van der Waals surface area contributed by atoms with E-state index < -0.39 is 0 Å². The molecule has 1 heterocycles. The first-order valence-corrected chi connectivity index (χ1v) is 4.70. The summed E-state index contributed by atoms with van der Waals surface area (Å²) in [6, 6.07) is 9.32. The van der Waals surface area contributed by atoms with E-state index in [-0.39, 0.29) is 5.91 Å². The number of allylic oxidation sites excluding steroid dienone is 1. The molecule has 0 aromatic heterocycles. The summed E-state index contributed by atoms with van der Waals surface area (Å²) in [7, 11) is 0. The van der Waals surface area contributed by atoms with Gasteiger partial charge in [-0.05, 0) is 12.1 Å². The summed E-state index contributed by atoms with van der Waals surface area (Å²) in [5.41, 5.74) is 3.91. The fraction of sp³-hybridized carbons (Fsp3) is 0.0909. The van der Waals surface area contributed by atoms with Crippen LogP contribution in [0.3, 0.4) is 0 Å². The van der Waals surface area contributed by atoms with E-state index in [2.05, 4.69) is 15.8 Å². The van der Waals surface area contributed by atoms with E-state index in [4.69, 9.17) is 0 Å². The molecule has 0 fully saturated rings. The van der Waals surface area contributed by atoms with Crippen molar-refractivity contribution in [3.05, 3.63) is 42.6 Å². The van der Waals surface area contributed by atoms with E-state index in [1.165, 1.54) is 0 Å². The van der Waals surface area contributed by atoms with Crippen LogP contribution in [0.1, 0.15) is 6.42 Å². The van der Waals surface area contributed by atoms with E-state index in [1.54, 1.807) is 6.20 Å². The molecule has 0 radical (unpaired) electrons. The highest BCUT2D eigenvalue weighted by atomic mass is 16.1. The summed E-state index contributed by atoms with van der Waals surface area (Å²) in [6.45, 7) is 0. The van der Waals surface area contributed by atoms with Gasteiger partial charge in [0.2, 0.25) is 0 Å². The van der Waals surface area contributed by atoms with Crippen LogP contribution >= 0.6 is 0 Å². The third kappa shape index (κ3) is 2.43. The molecule has 4 heteroatoms. The number of nitrogens with one attached hydrogen (secondary N) is 2. The van der Waals surface area contributed by atoms with Crippen molar-refractivity contribution in [2.45, 2.75) is 6.42 Å². The number of nitrogens with zero attached hydrogens (tertiary/aromatic N) is 1. The lowest BCUT2D eigenvalue weighted by Gasteiger charge is -2.08. The number of amides is 1. The molecule has 1 amide bonds. The van der Waals surface area contributed by atoms with Crippen molar-refractivity contribution in [3.8, 4) is 0 Å². The Bertz CT molecular complexity index is 409. The monoisotopic (exact) mass is 201 g/mol. The Balaban J connectivity index is 2.01. The smallest absolute Gasteiger partial charge is 0.272 e. The first-order valence-electron chi connectivity index (χ1n) is 4.70. The van der Waals surface area contributed by atoms with Crippen LogP contribution in [0, 0.1) is 0 Å². The van der Waals surface area contributed by atoms with Gasteiger partial charge in [-0.15, -0.1) is 0 Å². The molecule has 0 saturated heterocycles. The second kappa shape index (κ2) is 4.41. The Labute approximate surface area is 87.7 Å². The first kappa shape index (κ1) is 9.45. The molecular formula is C11H11N3O. The Morgan fingerprint density at radius 1 is 1.33 bits per heavy atom. The van der Waals surface area contributed by atoms with Gasteiger partial charge in [0.15, 0.2) is 0 Å². The summed E-state index contributed by atoms with van der Waals surface area (Å²) in [5, 5.41) is 6.66. The van der Waals surface area contributed by atoms with Crippen LogP contribution in [0.2, 0.25) is 0 Å². The minimum atomic E-state index is -0.168. The summed E-state index contributed by atoms with van der Waals surface area (Å²) in [5.74, 6) is -0.168. The maximum atomic E-state index is 11.7. The van der Waals surface area contributed by atoms with E-state index in [9.17, 15) is 4.79 Å². The van der Waals surface area contributed by atoms with Crippen molar-refractivity contribution >= 4 is 17.3 Å². The van der Waals surface area contributed by atoms with E-state index in [0.29, 0.717) is 12.1 Å². The van der Waals surface area contributed by atoms with E-state index in [0.717, 1.165) is 5.69 Å². The topological polar surface area (TPSA) is 53.5 Å². The van der Waals surface area contributed by atoms with Gasteiger partial charge in [0, 0.05) is 18.3 Å². The van der Waals surface area contributed by atoms with Gasteiger partial charge in [0.25, 0.3) is 5.91 Å². The Morgan fingerprint density at radius 3 is 2.80 bits per heavy atom. The highest BCUT2D eigenvalue weighted by Crippen LogP contribution is 2.06. The molecule has 1 aliphatic heterocycles. The third-order valence-corrected chi connectivity index (χ3v) is 2.00. The molecule has 0 unspecified atom stereocenters. The molecule has 1 aromatic rings. The SMILES string of the molecule is O=C(Nc1ccccc1)C1=NNC=CC1. The van der Waals surface area contributed by atoms with Gasteiger partial charge in [-0.3, -0.25) is 10.2 Å². The molecule has 0 atom stereocenters. The first-order chi connectivity index (χ1) is 7.36. The molecule has 2 rings (SSSR count). The van der Waals surface area contributed by atoms with Gasteiger partial charge in [-0.2, -0.15) is 5.10 Å². The van der Waals surface area contributed by atoms with Crippen LogP contribution in [0.15, 0.2) is 47.7 Å². The minimum absolute atomic E-state index is 0.168. The van der Waals surface area contributed by atoms with Gasteiger partial charge in [-0.25, -0.2) is 0 Å². The van der Waals surface area contributed by atoms with Crippen molar-refractivity contribution in [2.24, 2.45) is 5.10 Å². The highest BCUT2D eigenvalue weighted by molar-refractivity contribution is 6.43. The fourth-order valence-corrected chi connectivity index (χ4v) is 1.25. The van der Waals surface area contributed by atoms with Gasteiger partial charge in [0.05, 0.1) is 0 Å². The normalized spacial score (nSPS) is 14.0. The molecule has 1 aromatic carbocycles. The van der Waals surface area contributed by atoms with E-state index in [1.807, 2.05) is 36.4 Å². The zero-order valence-electron chi connectivity index (χ0n) is 8.10. The Morgan fingerprint density at radius 2 is 2.13 bits per heavy atom. The minimum Gasteiger partial charge on any atom is -0.321 e. The lowest BCUT2D eigenvalue weighted by molar-refractivity contribution is -0.110. The Hall–Kier alpha value is -2.10. The summed E-state index contributed by atoms with van der Waals surface area (Å²) >= 11 is 0. The van der Waals surface area contributed by atoms with Gasteiger partial charge >= 0.3 is 0 Å². The van der Waals surface area contributed by atoms with Crippen LogP contribution in [0.25, 0.3) is 0 Å². The van der Waals surface area contributed by atoms with Crippen molar-refractivity contribution in [2.75, 3.05) is 5.32 Å². The fourth-order valence-electron chi connectivity index (χ4n) is 1.25. The number of hydrogen-bond donors (Lipinski definition) is 2. The number of rotatable bonds is 2. The van der Waals surface area contributed by atoms with Gasteiger partial charge in [-0.1, -0.05) is 24.3 Å². The van der Waals surface area contributed by atoms with Crippen molar-refractivity contribution in [3.63, 3.8) is 0 Å². The van der Waals surface area contributed by atoms with Crippen LogP contribution in [0.4, 0.5) is 5.69 Å². The third-order valence-electron chi connectivity index (χ3n) is 2.00. The lowest BCUT2D eigenvalue weighted by atomic mass is 10.2. The number of hydrazone groups is 1. The maximum absolute atomic E-state index is 11.7. The molecule has 0 spiro atoms. The van der Waals surface area contributed by atoms with E-state index >= 15 is 0 Å². The van der Waals surface area contributed by atoms with Crippen LogP contribution in [-0.4, -0.2) is 11.6 Å². The number of carbonyl (C=O) groups is 1. The summed E-state index contributed by atoms with van der Waals surface area (Å²) in [4.78, 5) is 11.7. The maximum Gasteiger partial charge on any atom is 0.272 e. The highest BCUT2D eigenvalue weighted by Gasteiger charge is 2.11. The largest absolute Gasteiger partial charge is 0.321 e. The predicted molar refractivity (Wildman–Crippen MR) is 59.4 cm³/mol. The number of benzene rings is 1. The average Bonchev–Trinajstić information content (AvgIpc) is 2.31. The molecule has 0 saturated carbocycles. The second-order valence-corrected chi connectivity index (χ2v) is 3.11. The standard InChI is InChI=1S/C11H11N3O/c15-11(10-7-4-8-12-14-10)13-9-5-2-1-3-6-9/h1-6,8,12H,7H2,(H,13,15). The van der Waals surface area contributed by atoms with Crippen molar-refractivity contribution in [1.29, 1.82) is 0 Å². The number of carbonyl (C=O) groups excluding carboxylic acids is 1. The second-order valence-electron chi connectivity index (χ2n) is 3.11. The summed E-state index contributed by atoms with van der Waals surface area (Å²) in [6.07, 6.45) is 4.12. The quantitative estimate of drug-likeness (QED) is 0.761. The zero-order valence-corrected chi connectivity index (χ0v) is 8.10. The average molecular weight is 201 g/mol. The summed E-state index contributed by atoms with van der Waals surface area (Å²) < 4.78 is 0. The molecule has 0 bridgehead atoms. The molecule has 15 heavy (non-hydrogen) atoms. The van der Waals surface area contributed by atoms with Gasteiger partial charge < -0.3 is 5.32 Å². The molecule has 2 N–H and O–H groups in total. The number of hydrogen-bond acceptors (Lipinski definition) is 3. The molecule has 76 valence electrons. The molecular weight excluding hydrogens is 190 g/mol. The van der Waals surface area contributed by atoms with Crippen molar-refractivity contribution in [1.82, 2.24) is 5.43 Å². The van der Waals surface area contributed by atoms with Crippen LogP contribution in [0.5, 0.6) is 0 Å². The van der Waals surface area contributed by atoms with Crippen molar-refractivity contribution < 1.29 is 4.79 Å². The van der Waals surface area contributed by atoms with Crippen LogP contribution < -0.4 is 10.7 Å². The molecule has 1 aliphatic rings. The number of para-hydroxylation sites is 1. The van der Waals surface area contributed by atoms with Crippen LogP contribution in [-0.2, 0) is 4.79 Å². The predicted octanol–water partition coefficient (Wildman–Crippen LogP) is 1.49. The molecule has 0 aliphatic carbocycles. The lowest BCUT2D eigenvalue weighted by Crippen LogP contribution is -2.25. The number of anilines is 1. The molecule has 4 nitrogen and oxygen atoms in total. The Kier molecular flexibility index (Phi) is 2.78. The van der Waals surface area contributed by atoms with Gasteiger partial charge in [0.1, 0.15) is 5.71 Å².